The number of ether oxygens (including phenoxy) is 2. The molecule has 1 aliphatic carbocycles. The van der Waals surface area contributed by atoms with Crippen molar-refractivity contribution in [3.63, 3.8) is 0 Å². The van der Waals surface area contributed by atoms with Gasteiger partial charge >= 0.3 is 11.9 Å². The van der Waals surface area contributed by atoms with E-state index in [0.29, 0.717) is 29.8 Å². The zero-order valence-electron chi connectivity index (χ0n) is 18.7. The Hall–Kier alpha value is -3.55. The van der Waals surface area contributed by atoms with E-state index >= 15 is 0 Å². The fourth-order valence-corrected chi connectivity index (χ4v) is 4.79. The fourth-order valence-electron chi connectivity index (χ4n) is 4.79. The van der Waals surface area contributed by atoms with Gasteiger partial charge in [0, 0.05) is 0 Å². The van der Waals surface area contributed by atoms with Crippen LogP contribution in [-0.4, -0.2) is 46.4 Å². The second kappa shape index (κ2) is 8.53. The lowest BCUT2D eigenvalue weighted by Crippen LogP contribution is -2.32. The second-order valence-electron chi connectivity index (χ2n) is 7.98. The molecule has 0 bridgehead atoms. The normalized spacial score (nSPS) is 14.1. The minimum atomic E-state index is -0.659. The van der Waals surface area contributed by atoms with Crippen molar-refractivity contribution in [2.24, 2.45) is 7.05 Å². The summed E-state index contributed by atoms with van der Waals surface area (Å²) in [6, 6.07) is 11.3. The molecule has 2 aromatic carbocycles. The summed E-state index contributed by atoms with van der Waals surface area (Å²) < 4.78 is 9.87. The van der Waals surface area contributed by atoms with Crippen LogP contribution in [0.3, 0.4) is 0 Å². The Labute approximate surface area is 186 Å². The molecule has 0 radical (unpaired) electrons. The molecule has 8 nitrogen and oxygen atoms in total. The molecule has 0 spiro atoms. The number of aromatic nitrogens is 4. The molecular weight excluding hydrogens is 408 g/mol. The van der Waals surface area contributed by atoms with Gasteiger partial charge in [0.1, 0.15) is 0 Å². The first kappa shape index (κ1) is 21.7. The van der Waals surface area contributed by atoms with Gasteiger partial charge in [0.25, 0.3) is 0 Å². The predicted molar refractivity (Wildman–Crippen MR) is 117 cm³/mol. The van der Waals surface area contributed by atoms with Crippen molar-refractivity contribution < 1.29 is 19.1 Å². The summed E-state index contributed by atoms with van der Waals surface area (Å²) >= 11 is 0. The first-order chi connectivity index (χ1) is 15.4. The van der Waals surface area contributed by atoms with Crippen molar-refractivity contribution in [1.29, 1.82) is 0 Å². The summed E-state index contributed by atoms with van der Waals surface area (Å²) in [6.07, 6.45) is 3.01. The van der Waals surface area contributed by atoms with Crippen molar-refractivity contribution in [2.45, 2.75) is 38.0 Å². The van der Waals surface area contributed by atoms with Gasteiger partial charge in [0.15, 0.2) is 5.82 Å². The molecule has 8 heteroatoms. The molecule has 4 rings (SSSR count). The Bertz CT molecular complexity index is 1120. The van der Waals surface area contributed by atoms with Gasteiger partial charge in [-0.25, -0.2) is 9.59 Å². The number of hydrogen-bond acceptors (Lipinski definition) is 7. The summed E-state index contributed by atoms with van der Waals surface area (Å²) in [5, 5.41) is 13.2. The Morgan fingerprint density at radius 2 is 1.50 bits per heavy atom. The number of tetrazole rings is 1. The van der Waals surface area contributed by atoms with Crippen LogP contribution in [0, 0.1) is 0 Å². The van der Waals surface area contributed by atoms with Crippen molar-refractivity contribution in [1.82, 2.24) is 20.2 Å². The monoisotopic (exact) mass is 434 g/mol. The molecule has 3 aromatic rings. The van der Waals surface area contributed by atoms with Crippen LogP contribution in [0.5, 0.6) is 0 Å². The minimum Gasteiger partial charge on any atom is -0.465 e. The second-order valence-corrected chi connectivity index (χ2v) is 7.98. The van der Waals surface area contributed by atoms with Gasteiger partial charge in [-0.15, -0.1) is 10.2 Å². The van der Waals surface area contributed by atoms with Crippen LogP contribution in [0.15, 0.2) is 36.4 Å². The lowest BCUT2D eigenvalue weighted by atomic mass is 9.68. The molecule has 0 amide bonds. The molecule has 0 unspecified atom stereocenters. The third kappa shape index (κ3) is 3.45. The number of benzene rings is 2. The van der Waals surface area contributed by atoms with Crippen LogP contribution in [-0.2, 0) is 34.8 Å². The fraction of sp³-hybridized carbons (Fsp3) is 0.375. The number of carbonyl (C=O) groups is 2. The van der Waals surface area contributed by atoms with Crippen LogP contribution in [0.4, 0.5) is 0 Å². The molecule has 1 aliphatic rings. The zero-order chi connectivity index (χ0) is 22.9. The molecule has 166 valence electrons. The summed E-state index contributed by atoms with van der Waals surface area (Å²) in [5.41, 5.74) is 4.51. The topological polar surface area (TPSA) is 96.2 Å². The van der Waals surface area contributed by atoms with E-state index in [1.54, 1.807) is 19.2 Å². The number of aryl methyl sites for hydroxylation is 3. The van der Waals surface area contributed by atoms with Crippen molar-refractivity contribution in [3.8, 4) is 0 Å². The van der Waals surface area contributed by atoms with Crippen LogP contribution in [0.25, 0.3) is 0 Å². The summed E-state index contributed by atoms with van der Waals surface area (Å²) in [6.45, 7) is 2.12. The predicted octanol–water partition coefficient (Wildman–Crippen LogP) is 3.02. The van der Waals surface area contributed by atoms with Crippen molar-refractivity contribution in [2.75, 3.05) is 14.2 Å². The number of carbonyl (C=O) groups excluding carboxylic acids is 2. The lowest BCUT2D eigenvalue weighted by molar-refractivity contribution is 0.0591. The average molecular weight is 434 g/mol. The first-order valence-electron chi connectivity index (χ1n) is 10.6. The molecule has 0 aliphatic heterocycles. The van der Waals surface area contributed by atoms with Crippen LogP contribution in [0.2, 0.25) is 0 Å². The van der Waals surface area contributed by atoms with Gasteiger partial charge in [-0.05, 0) is 71.0 Å². The Kier molecular flexibility index (Phi) is 5.78. The largest absolute Gasteiger partial charge is 0.465 e. The maximum absolute atomic E-state index is 12.2. The van der Waals surface area contributed by atoms with Gasteiger partial charge in [-0.2, -0.15) is 4.80 Å². The average Bonchev–Trinajstić information content (AvgIpc) is 3.21. The summed E-state index contributed by atoms with van der Waals surface area (Å²) in [4.78, 5) is 25.9. The highest BCUT2D eigenvalue weighted by Gasteiger charge is 2.44. The van der Waals surface area contributed by atoms with E-state index in [0.717, 1.165) is 35.1 Å². The molecule has 1 heterocycles. The Balaban J connectivity index is 2.02. The van der Waals surface area contributed by atoms with Gasteiger partial charge in [-0.1, -0.05) is 25.5 Å². The molecule has 0 saturated heterocycles. The quantitative estimate of drug-likeness (QED) is 0.570. The van der Waals surface area contributed by atoms with E-state index in [4.69, 9.17) is 9.47 Å². The minimum absolute atomic E-state index is 0.374. The summed E-state index contributed by atoms with van der Waals surface area (Å²) in [7, 11) is 4.50. The van der Waals surface area contributed by atoms with Crippen molar-refractivity contribution in [3.05, 3.63) is 75.6 Å². The van der Waals surface area contributed by atoms with E-state index in [9.17, 15) is 9.59 Å². The Morgan fingerprint density at radius 3 is 1.91 bits per heavy atom. The number of fused-ring (bicyclic) bond motifs is 2. The molecule has 1 aromatic heterocycles. The lowest BCUT2D eigenvalue weighted by Gasteiger charge is -2.33. The smallest absolute Gasteiger partial charge is 0.337 e. The maximum Gasteiger partial charge on any atom is 0.337 e. The standard InChI is InChI=1S/C24H26N4O4/c1-5-12-24(23-25-27-28(2)26-23)19-10-8-17(21(29)31-3)13-15(19)6-7-16-14-18(22(30)32-4)9-11-20(16)24/h8-11,13-14H,5-7,12H2,1-4H3. The van der Waals surface area contributed by atoms with Crippen LogP contribution >= 0.6 is 0 Å². The number of methoxy groups -OCH3 is 2. The highest BCUT2D eigenvalue weighted by Crippen LogP contribution is 2.46. The molecular formula is C24H26N4O4. The third-order valence-electron chi connectivity index (χ3n) is 6.15. The molecule has 0 N–H and O–H groups in total. The van der Waals surface area contributed by atoms with E-state index < -0.39 is 5.41 Å². The SMILES string of the molecule is CCCC1(c2nnn(C)n2)c2ccc(C(=O)OC)cc2CCc2cc(C(=O)OC)ccc21. The summed E-state index contributed by atoms with van der Waals surface area (Å²) in [5.74, 6) is -0.148. The Morgan fingerprint density at radius 1 is 0.969 bits per heavy atom. The number of hydrogen-bond donors (Lipinski definition) is 0. The number of esters is 2. The first-order valence-corrected chi connectivity index (χ1v) is 10.6. The van der Waals surface area contributed by atoms with Gasteiger partial charge in [0.05, 0.1) is 37.8 Å². The van der Waals surface area contributed by atoms with E-state index in [2.05, 4.69) is 22.3 Å². The van der Waals surface area contributed by atoms with E-state index in [1.807, 2.05) is 24.3 Å². The highest BCUT2D eigenvalue weighted by atomic mass is 16.5. The van der Waals surface area contributed by atoms with E-state index in [1.165, 1.54) is 19.0 Å². The molecule has 0 atom stereocenters. The molecule has 0 saturated carbocycles. The third-order valence-corrected chi connectivity index (χ3v) is 6.15. The van der Waals surface area contributed by atoms with E-state index in [-0.39, 0.29) is 11.9 Å². The molecule has 0 fully saturated rings. The van der Waals surface area contributed by atoms with Gasteiger partial charge < -0.3 is 9.47 Å². The van der Waals surface area contributed by atoms with Crippen LogP contribution < -0.4 is 0 Å². The zero-order valence-corrected chi connectivity index (χ0v) is 18.7. The van der Waals surface area contributed by atoms with Gasteiger partial charge in [0.2, 0.25) is 0 Å². The van der Waals surface area contributed by atoms with Gasteiger partial charge in [-0.3, -0.25) is 0 Å². The maximum atomic E-state index is 12.2. The number of nitrogens with zero attached hydrogens (tertiary/aromatic N) is 4. The van der Waals surface area contributed by atoms with Crippen LogP contribution in [0.1, 0.15) is 68.6 Å². The number of rotatable bonds is 5. The molecule has 32 heavy (non-hydrogen) atoms. The van der Waals surface area contributed by atoms with Crippen molar-refractivity contribution >= 4 is 11.9 Å². The highest BCUT2D eigenvalue weighted by molar-refractivity contribution is 5.90.